The minimum absolute atomic E-state index is 0.346. The molecule has 0 fully saturated rings. The van der Waals surface area contributed by atoms with Gasteiger partial charge in [-0.15, -0.1) is 0 Å². The zero-order valence-electron chi connectivity index (χ0n) is 14.5. The lowest BCUT2D eigenvalue weighted by atomic mass is 10.1. The molecule has 136 valence electrons. The van der Waals surface area contributed by atoms with Crippen molar-refractivity contribution < 1.29 is 23.5 Å². The summed E-state index contributed by atoms with van der Waals surface area (Å²) in [5.74, 6) is -1.13. The lowest BCUT2D eigenvalue weighted by molar-refractivity contribution is -0.155. The molecule has 1 aliphatic rings. The first kappa shape index (κ1) is 17.9. The zero-order chi connectivity index (χ0) is 18.5. The molecule has 0 saturated heterocycles. The van der Waals surface area contributed by atoms with Gasteiger partial charge in [-0.25, -0.2) is 9.18 Å². The number of rotatable bonds is 6. The molecule has 0 aromatic heterocycles. The number of carbonyl (C=O) groups is 2. The van der Waals surface area contributed by atoms with E-state index < -0.39 is 23.8 Å². The fourth-order valence-electron chi connectivity index (χ4n) is 2.85. The number of aryl methyl sites for hydroxylation is 2. The van der Waals surface area contributed by atoms with Crippen LogP contribution in [0.3, 0.4) is 0 Å². The van der Waals surface area contributed by atoms with E-state index in [4.69, 9.17) is 9.47 Å². The Balaban J connectivity index is 1.47. The minimum Gasteiger partial charge on any atom is -0.482 e. The second-order valence-electron chi connectivity index (χ2n) is 6.20. The molecule has 0 saturated carbocycles. The van der Waals surface area contributed by atoms with Crippen LogP contribution in [-0.4, -0.2) is 24.6 Å². The number of benzene rings is 2. The van der Waals surface area contributed by atoms with Gasteiger partial charge in [0.15, 0.2) is 12.7 Å². The second-order valence-corrected chi connectivity index (χ2v) is 6.20. The Hall–Kier alpha value is -2.89. The van der Waals surface area contributed by atoms with Crippen molar-refractivity contribution in [2.75, 3.05) is 11.9 Å². The Morgan fingerprint density at radius 1 is 1.12 bits per heavy atom. The third kappa shape index (κ3) is 4.59. The number of amides is 1. The maximum atomic E-state index is 12.8. The van der Waals surface area contributed by atoms with E-state index >= 15 is 0 Å². The average molecular weight is 357 g/mol. The first-order chi connectivity index (χ1) is 12.5. The summed E-state index contributed by atoms with van der Waals surface area (Å²) in [4.78, 5) is 24.0. The molecule has 1 aliphatic carbocycles. The van der Waals surface area contributed by atoms with Crippen LogP contribution in [0.4, 0.5) is 10.1 Å². The maximum Gasteiger partial charge on any atom is 0.344 e. The summed E-state index contributed by atoms with van der Waals surface area (Å²) >= 11 is 0. The van der Waals surface area contributed by atoms with Crippen LogP contribution in [0.1, 0.15) is 24.5 Å². The van der Waals surface area contributed by atoms with Crippen molar-refractivity contribution in [3.05, 3.63) is 59.4 Å². The van der Waals surface area contributed by atoms with E-state index in [9.17, 15) is 14.0 Å². The highest BCUT2D eigenvalue weighted by Gasteiger charge is 2.19. The van der Waals surface area contributed by atoms with Gasteiger partial charge < -0.3 is 14.8 Å². The number of hydrogen-bond donors (Lipinski definition) is 1. The molecule has 1 atom stereocenters. The molecule has 0 heterocycles. The zero-order valence-corrected chi connectivity index (χ0v) is 14.5. The molecule has 0 aliphatic heterocycles. The van der Waals surface area contributed by atoms with Crippen molar-refractivity contribution in [3.8, 4) is 5.75 Å². The van der Waals surface area contributed by atoms with E-state index in [1.54, 1.807) is 0 Å². The monoisotopic (exact) mass is 357 g/mol. The molecule has 0 radical (unpaired) electrons. The fraction of sp³-hybridized carbons (Fsp3) is 0.300. The normalized spacial score (nSPS) is 13.6. The number of fused-ring (bicyclic) bond motifs is 1. The summed E-state index contributed by atoms with van der Waals surface area (Å²) in [5, 5.41) is 2.76. The number of anilines is 1. The summed E-state index contributed by atoms with van der Waals surface area (Å²) in [6, 6.07) is 11.1. The van der Waals surface area contributed by atoms with Gasteiger partial charge in [-0.05, 0) is 73.7 Å². The van der Waals surface area contributed by atoms with Crippen molar-refractivity contribution >= 4 is 17.6 Å². The quantitative estimate of drug-likeness (QED) is 0.806. The number of hydrogen-bond acceptors (Lipinski definition) is 4. The molecule has 6 heteroatoms. The van der Waals surface area contributed by atoms with Crippen molar-refractivity contribution in [1.82, 2.24) is 0 Å². The van der Waals surface area contributed by atoms with Crippen molar-refractivity contribution in [2.24, 2.45) is 0 Å². The summed E-state index contributed by atoms with van der Waals surface area (Å²) in [7, 11) is 0. The highest BCUT2D eigenvalue weighted by Crippen LogP contribution is 2.25. The van der Waals surface area contributed by atoms with Gasteiger partial charge in [-0.2, -0.15) is 0 Å². The van der Waals surface area contributed by atoms with Crippen LogP contribution in [0.2, 0.25) is 0 Å². The van der Waals surface area contributed by atoms with Crippen LogP contribution in [0.25, 0.3) is 0 Å². The van der Waals surface area contributed by atoms with E-state index in [2.05, 4.69) is 5.32 Å². The smallest absolute Gasteiger partial charge is 0.344 e. The molecule has 1 amide bonds. The van der Waals surface area contributed by atoms with Crippen LogP contribution >= 0.6 is 0 Å². The van der Waals surface area contributed by atoms with Crippen LogP contribution in [-0.2, 0) is 27.2 Å². The topological polar surface area (TPSA) is 64.6 Å². The lowest BCUT2D eigenvalue weighted by Crippen LogP contribution is -2.31. The molecule has 0 unspecified atom stereocenters. The number of nitrogens with one attached hydrogen (secondary N) is 1. The van der Waals surface area contributed by atoms with Gasteiger partial charge in [0.2, 0.25) is 0 Å². The molecule has 3 rings (SSSR count). The molecule has 2 aromatic carbocycles. The molecule has 0 bridgehead atoms. The minimum atomic E-state index is -0.951. The molecule has 2 aromatic rings. The molecule has 5 nitrogen and oxygen atoms in total. The van der Waals surface area contributed by atoms with Gasteiger partial charge in [0, 0.05) is 5.69 Å². The van der Waals surface area contributed by atoms with Crippen molar-refractivity contribution in [1.29, 1.82) is 0 Å². The van der Waals surface area contributed by atoms with Gasteiger partial charge in [-0.1, -0.05) is 6.07 Å². The Kier molecular flexibility index (Phi) is 5.51. The molecule has 26 heavy (non-hydrogen) atoms. The van der Waals surface area contributed by atoms with E-state index in [1.165, 1.54) is 42.3 Å². The van der Waals surface area contributed by atoms with E-state index in [-0.39, 0.29) is 6.61 Å². The average Bonchev–Trinajstić information content (AvgIpc) is 3.09. The van der Waals surface area contributed by atoms with Gasteiger partial charge in [0.1, 0.15) is 11.6 Å². The van der Waals surface area contributed by atoms with E-state index in [0.29, 0.717) is 11.4 Å². The molecule has 1 N–H and O–H groups in total. The van der Waals surface area contributed by atoms with Crippen LogP contribution in [0.15, 0.2) is 42.5 Å². The molecule has 0 spiro atoms. The van der Waals surface area contributed by atoms with Gasteiger partial charge in [0.05, 0.1) is 0 Å². The van der Waals surface area contributed by atoms with Gasteiger partial charge in [0.25, 0.3) is 5.91 Å². The van der Waals surface area contributed by atoms with Crippen LogP contribution in [0, 0.1) is 5.82 Å². The third-order valence-electron chi connectivity index (χ3n) is 4.21. The lowest BCUT2D eigenvalue weighted by Gasteiger charge is -2.14. The highest BCUT2D eigenvalue weighted by molar-refractivity contribution is 5.95. The van der Waals surface area contributed by atoms with Crippen molar-refractivity contribution in [3.63, 3.8) is 0 Å². The van der Waals surface area contributed by atoms with E-state index in [1.807, 2.05) is 18.2 Å². The van der Waals surface area contributed by atoms with Gasteiger partial charge in [-0.3, -0.25) is 4.79 Å². The standard InChI is InChI=1S/C20H20FNO4/c1-13(26-19(23)12-25-18-9-6-16(21)7-10-18)20(24)22-17-8-5-14-3-2-4-15(14)11-17/h5-11,13H,2-4,12H2,1H3,(H,22,24)/t13-/m0/s1. The first-order valence-electron chi connectivity index (χ1n) is 8.52. The first-order valence-corrected chi connectivity index (χ1v) is 8.52. The Labute approximate surface area is 151 Å². The van der Waals surface area contributed by atoms with Crippen molar-refractivity contribution in [2.45, 2.75) is 32.3 Å². The Morgan fingerprint density at radius 2 is 1.85 bits per heavy atom. The largest absolute Gasteiger partial charge is 0.482 e. The van der Waals surface area contributed by atoms with Gasteiger partial charge >= 0.3 is 5.97 Å². The highest BCUT2D eigenvalue weighted by atomic mass is 19.1. The van der Waals surface area contributed by atoms with Crippen LogP contribution in [0.5, 0.6) is 5.75 Å². The summed E-state index contributed by atoms with van der Waals surface area (Å²) < 4.78 is 23.1. The summed E-state index contributed by atoms with van der Waals surface area (Å²) in [6.07, 6.45) is 2.28. The molecular formula is C20H20FNO4. The number of ether oxygens (including phenoxy) is 2. The third-order valence-corrected chi connectivity index (χ3v) is 4.21. The second kappa shape index (κ2) is 7.99. The van der Waals surface area contributed by atoms with E-state index in [0.717, 1.165) is 19.3 Å². The molecular weight excluding hydrogens is 337 g/mol. The maximum absolute atomic E-state index is 12.8. The Bertz CT molecular complexity index is 804. The summed E-state index contributed by atoms with van der Waals surface area (Å²) in [6.45, 7) is 1.14. The fourth-order valence-corrected chi connectivity index (χ4v) is 2.85. The predicted octanol–water partition coefficient (Wildman–Crippen LogP) is 3.26. The number of carbonyl (C=O) groups excluding carboxylic acids is 2. The number of halogens is 1. The Morgan fingerprint density at radius 3 is 2.62 bits per heavy atom. The summed E-state index contributed by atoms with van der Waals surface area (Å²) in [5.41, 5.74) is 3.27. The van der Waals surface area contributed by atoms with Crippen LogP contribution < -0.4 is 10.1 Å². The number of esters is 1. The SMILES string of the molecule is C[C@H](OC(=O)COc1ccc(F)cc1)C(=O)Nc1ccc2c(c1)CCC2. The predicted molar refractivity (Wildman–Crippen MR) is 94.5 cm³/mol.